The second-order valence-electron chi connectivity index (χ2n) is 6.29. The van der Waals surface area contributed by atoms with Crippen molar-refractivity contribution in [1.82, 2.24) is 5.32 Å². The first-order valence-electron chi connectivity index (χ1n) is 6.68. The molecule has 1 heterocycles. The Morgan fingerprint density at radius 1 is 1.15 bits per heavy atom. The SMILES string of the molecule is C[N+](C)(C)CC(O)CNC1[C@H](O)OC(CO)[C@@H](O)[C@H]1O. The lowest BCUT2D eigenvalue weighted by molar-refractivity contribution is -0.873. The highest BCUT2D eigenvalue weighted by Gasteiger charge is 2.43. The molecule has 1 aliphatic rings. The first kappa shape index (κ1) is 17.7. The monoisotopic (exact) mass is 295 g/mol. The summed E-state index contributed by atoms with van der Waals surface area (Å²) in [6.07, 6.45) is -5.62. The van der Waals surface area contributed by atoms with Crippen molar-refractivity contribution in [2.45, 2.75) is 36.7 Å². The van der Waals surface area contributed by atoms with Crippen LogP contribution in [-0.2, 0) is 4.74 Å². The zero-order valence-electron chi connectivity index (χ0n) is 12.2. The van der Waals surface area contributed by atoms with Crippen LogP contribution in [0.15, 0.2) is 0 Å². The molecule has 1 aliphatic heterocycles. The van der Waals surface area contributed by atoms with Gasteiger partial charge < -0.3 is 40.1 Å². The molecule has 6 atom stereocenters. The summed E-state index contributed by atoms with van der Waals surface area (Å²) in [5, 5.41) is 51.0. The van der Waals surface area contributed by atoms with E-state index < -0.39 is 43.4 Å². The van der Waals surface area contributed by atoms with Gasteiger partial charge in [-0.3, -0.25) is 0 Å². The molecule has 3 unspecified atom stereocenters. The van der Waals surface area contributed by atoms with E-state index in [-0.39, 0.29) is 6.54 Å². The number of rotatable bonds is 6. The average Bonchev–Trinajstić information content (AvgIpc) is 2.31. The molecule has 0 radical (unpaired) electrons. The van der Waals surface area contributed by atoms with Crippen LogP contribution < -0.4 is 5.32 Å². The van der Waals surface area contributed by atoms with Crippen LogP contribution in [0.4, 0.5) is 0 Å². The average molecular weight is 295 g/mol. The molecule has 0 aliphatic carbocycles. The molecule has 120 valence electrons. The normalized spacial score (nSPS) is 36.9. The number of quaternary nitrogens is 1. The van der Waals surface area contributed by atoms with Crippen LogP contribution in [0.2, 0.25) is 0 Å². The highest BCUT2D eigenvalue weighted by Crippen LogP contribution is 2.19. The number of aliphatic hydroxyl groups excluding tert-OH is 5. The highest BCUT2D eigenvalue weighted by molar-refractivity contribution is 4.92. The molecule has 1 rings (SSSR count). The molecule has 1 saturated heterocycles. The summed E-state index contributed by atoms with van der Waals surface area (Å²) in [7, 11) is 5.81. The Morgan fingerprint density at radius 2 is 1.75 bits per heavy atom. The fourth-order valence-corrected chi connectivity index (χ4v) is 2.29. The number of hydrogen-bond acceptors (Lipinski definition) is 7. The zero-order chi connectivity index (χ0) is 15.5. The Bertz CT molecular complexity index is 298. The summed E-state index contributed by atoms with van der Waals surface area (Å²) >= 11 is 0. The molecule has 0 spiro atoms. The molecular formula is C12H27N2O6+. The fourth-order valence-electron chi connectivity index (χ4n) is 2.29. The first-order valence-corrected chi connectivity index (χ1v) is 6.68. The largest absolute Gasteiger partial charge is 0.394 e. The predicted molar refractivity (Wildman–Crippen MR) is 70.7 cm³/mol. The topological polar surface area (TPSA) is 122 Å². The summed E-state index contributed by atoms with van der Waals surface area (Å²) in [4.78, 5) is 0. The van der Waals surface area contributed by atoms with Crippen LogP contribution >= 0.6 is 0 Å². The number of nitrogens with zero attached hydrogens (tertiary/aromatic N) is 1. The predicted octanol–water partition coefficient (Wildman–Crippen LogP) is -3.56. The Hall–Kier alpha value is -0.320. The summed E-state index contributed by atoms with van der Waals surface area (Å²) in [5.74, 6) is 0. The highest BCUT2D eigenvalue weighted by atomic mass is 16.6. The molecule has 0 amide bonds. The maximum absolute atomic E-state index is 9.91. The third kappa shape index (κ3) is 4.90. The van der Waals surface area contributed by atoms with E-state index in [4.69, 9.17) is 9.84 Å². The van der Waals surface area contributed by atoms with Crippen molar-refractivity contribution >= 4 is 0 Å². The molecule has 0 saturated carbocycles. The van der Waals surface area contributed by atoms with Gasteiger partial charge in [-0.2, -0.15) is 0 Å². The molecule has 0 bridgehead atoms. The summed E-state index contributed by atoms with van der Waals surface area (Å²) < 4.78 is 5.59. The van der Waals surface area contributed by atoms with E-state index in [2.05, 4.69) is 5.32 Å². The molecule has 0 aromatic rings. The fraction of sp³-hybridized carbons (Fsp3) is 1.00. The van der Waals surface area contributed by atoms with Gasteiger partial charge in [0.15, 0.2) is 6.29 Å². The van der Waals surface area contributed by atoms with Gasteiger partial charge in [0.1, 0.15) is 31.0 Å². The maximum Gasteiger partial charge on any atom is 0.173 e. The molecular weight excluding hydrogens is 268 g/mol. The first-order chi connectivity index (χ1) is 9.15. The van der Waals surface area contributed by atoms with Crippen LogP contribution in [0.5, 0.6) is 0 Å². The van der Waals surface area contributed by atoms with E-state index in [1.54, 1.807) is 0 Å². The Kier molecular flexibility index (Phi) is 6.29. The van der Waals surface area contributed by atoms with Gasteiger partial charge in [0.25, 0.3) is 0 Å². The van der Waals surface area contributed by atoms with Gasteiger partial charge >= 0.3 is 0 Å². The standard InChI is InChI=1S/C12H27N2O6/c1-14(2,3)5-7(16)4-13-9-11(18)10(17)8(6-15)20-12(9)19/h7-13,15-19H,4-6H2,1-3H3/q+1/t7?,8?,9?,10-,11+,12-/m1/s1. The van der Waals surface area contributed by atoms with E-state index in [1.165, 1.54) is 0 Å². The van der Waals surface area contributed by atoms with Gasteiger partial charge in [0, 0.05) is 6.54 Å². The van der Waals surface area contributed by atoms with Gasteiger partial charge in [-0.15, -0.1) is 0 Å². The number of likely N-dealkylation sites (N-methyl/N-ethyl adjacent to an activating group) is 1. The molecule has 8 heteroatoms. The number of hydrogen-bond donors (Lipinski definition) is 6. The molecule has 8 nitrogen and oxygen atoms in total. The quantitative estimate of drug-likeness (QED) is 0.280. The van der Waals surface area contributed by atoms with Crippen molar-refractivity contribution in [3.05, 3.63) is 0 Å². The zero-order valence-corrected chi connectivity index (χ0v) is 12.2. The van der Waals surface area contributed by atoms with Crippen LogP contribution in [0.25, 0.3) is 0 Å². The van der Waals surface area contributed by atoms with E-state index in [0.717, 1.165) is 0 Å². The van der Waals surface area contributed by atoms with Gasteiger partial charge in [-0.05, 0) is 0 Å². The van der Waals surface area contributed by atoms with Crippen molar-refractivity contribution in [1.29, 1.82) is 0 Å². The third-order valence-corrected chi connectivity index (χ3v) is 3.25. The molecule has 1 fully saturated rings. The van der Waals surface area contributed by atoms with Gasteiger partial charge in [-0.25, -0.2) is 0 Å². The molecule has 0 aromatic carbocycles. The Morgan fingerprint density at radius 3 is 2.25 bits per heavy atom. The second-order valence-corrected chi connectivity index (χ2v) is 6.29. The van der Waals surface area contributed by atoms with E-state index in [1.807, 2.05) is 21.1 Å². The number of aliphatic hydroxyl groups is 5. The lowest BCUT2D eigenvalue weighted by atomic mass is 9.97. The minimum atomic E-state index is -1.36. The van der Waals surface area contributed by atoms with Crippen LogP contribution in [0.1, 0.15) is 0 Å². The van der Waals surface area contributed by atoms with E-state index in [0.29, 0.717) is 11.0 Å². The molecule has 0 aromatic heterocycles. The van der Waals surface area contributed by atoms with E-state index in [9.17, 15) is 20.4 Å². The molecule has 20 heavy (non-hydrogen) atoms. The summed E-state index contributed by atoms with van der Waals surface area (Å²) in [5.41, 5.74) is 0. The minimum Gasteiger partial charge on any atom is -0.394 e. The van der Waals surface area contributed by atoms with Gasteiger partial charge in [0.2, 0.25) is 0 Å². The van der Waals surface area contributed by atoms with Crippen LogP contribution in [0, 0.1) is 0 Å². The Balaban J connectivity index is 2.50. The third-order valence-electron chi connectivity index (χ3n) is 3.25. The van der Waals surface area contributed by atoms with Crippen molar-refractivity contribution < 1.29 is 34.8 Å². The second kappa shape index (κ2) is 7.10. The van der Waals surface area contributed by atoms with Crippen LogP contribution in [0.3, 0.4) is 0 Å². The van der Waals surface area contributed by atoms with Crippen LogP contribution in [-0.4, -0.2) is 108 Å². The maximum atomic E-state index is 9.91. The van der Waals surface area contributed by atoms with Crippen molar-refractivity contribution in [2.75, 3.05) is 40.8 Å². The molecule has 6 N–H and O–H groups in total. The Labute approximate surface area is 118 Å². The number of ether oxygens (including phenoxy) is 1. The van der Waals surface area contributed by atoms with Crippen molar-refractivity contribution in [3.8, 4) is 0 Å². The van der Waals surface area contributed by atoms with Gasteiger partial charge in [0.05, 0.1) is 33.8 Å². The summed E-state index contributed by atoms with van der Waals surface area (Å²) in [6.45, 7) is 0.148. The minimum absolute atomic E-state index is 0.147. The van der Waals surface area contributed by atoms with Crippen molar-refractivity contribution in [3.63, 3.8) is 0 Å². The lowest BCUT2D eigenvalue weighted by Crippen LogP contribution is -2.64. The summed E-state index contributed by atoms with van der Waals surface area (Å²) in [6, 6.07) is -0.921. The van der Waals surface area contributed by atoms with E-state index >= 15 is 0 Å². The lowest BCUT2D eigenvalue weighted by Gasteiger charge is -2.40. The van der Waals surface area contributed by atoms with Crippen molar-refractivity contribution in [2.24, 2.45) is 0 Å². The smallest absolute Gasteiger partial charge is 0.173 e. The number of nitrogens with one attached hydrogen (secondary N) is 1. The van der Waals surface area contributed by atoms with Gasteiger partial charge in [-0.1, -0.05) is 0 Å².